The zero-order valence-corrected chi connectivity index (χ0v) is 47.1. The van der Waals surface area contributed by atoms with E-state index in [0.29, 0.717) is 28.3 Å². The van der Waals surface area contributed by atoms with Gasteiger partial charge in [-0.25, -0.2) is 29.1 Å². The Morgan fingerprint density at radius 2 is 1.42 bits per heavy atom. The molecule has 418 valence electrons. The number of aryl methyl sites for hydroxylation is 2. The molecule has 4 N–H and O–H groups in total. The van der Waals surface area contributed by atoms with Gasteiger partial charge in [-0.1, -0.05) is 58.0 Å². The summed E-state index contributed by atoms with van der Waals surface area (Å²) in [7, 11) is 2.58. The maximum atomic E-state index is 15.3. The number of carbonyl (C=O) groups excluding carboxylic acids is 7. The van der Waals surface area contributed by atoms with Crippen molar-refractivity contribution in [2.45, 2.75) is 137 Å². The van der Waals surface area contributed by atoms with E-state index in [-0.39, 0.29) is 71.5 Å². The molecule has 5 aromatic rings. The summed E-state index contributed by atoms with van der Waals surface area (Å²) in [4.78, 5) is 124. The van der Waals surface area contributed by atoms with Crippen molar-refractivity contribution >= 4 is 52.6 Å². The summed E-state index contributed by atoms with van der Waals surface area (Å²) in [5, 5.41) is 8.07. The third-order valence-electron chi connectivity index (χ3n) is 13.0. The van der Waals surface area contributed by atoms with Gasteiger partial charge in [-0.3, -0.25) is 24.2 Å². The van der Waals surface area contributed by atoms with Crippen LogP contribution in [0.2, 0.25) is 0 Å². The Balaban J connectivity index is 1.44. The number of hydrogen-bond donors (Lipinski definition) is 4. The van der Waals surface area contributed by atoms with Crippen molar-refractivity contribution in [3.05, 3.63) is 98.8 Å². The number of rotatable bonds is 14. The molecule has 2 aromatic heterocycles. The number of Topliss-reactive ketones (excluding diaryl/α,β-unsaturated/α-hetero) is 2. The predicted molar refractivity (Wildman–Crippen MR) is 291 cm³/mol. The fourth-order valence-electron chi connectivity index (χ4n) is 9.21. The Morgan fingerprint density at radius 1 is 0.808 bits per heavy atom. The van der Waals surface area contributed by atoms with Crippen LogP contribution in [0.3, 0.4) is 0 Å². The van der Waals surface area contributed by atoms with E-state index in [1.807, 2.05) is 24.3 Å². The Bertz CT molecular complexity index is 3120. The van der Waals surface area contributed by atoms with E-state index in [1.54, 1.807) is 79.7 Å². The molecule has 1 aliphatic heterocycles. The average molecular weight is 1080 g/mol. The van der Waals surface area contributed by atoms with Crippen molar-refractivity contribution in [2.24, 2.45) is 11.8 Å². The van der Waals surface area contributed by atoms with Gasteiger partial charge in [0.2, 0.25) is 11.8 Å². The van der Waals surface area contributed by atoms with Gasteiger partial charge in [0.05, 0.1) is 36.1 Å². The molecule has 20 nitrogen and oxygen atoms in total. The molecule has 20 heteroatoms. The zero-order chi connectivity index (χ0) is 57.6. The second-order valence-electron chi connectivity index (χ2n) is 22.7. The predicted octanol–water partition coefficient (Wildman–Crippen LogP) is 8.18. The van der Waals surface area contributed by atoms with E-state index >= 15 is 9.59 Å². The SMILES string of the molecule is COC(=O)[C@@H]1Cc2ccc(OCCNC(=O)OC(C)(C)C)c(c2)-c2cc(cc3[nH]c(=O)oc23)[C@H](N(C)C(=O)[C@H](CCNC(=O)OC(C)(C)C)CC(=O)c2c(C)nc(-c3ccc(C(C)(C)C)cc3)nc2C)C(=O)C[C@@H](C)C(=O)N1. The van der Waals surface area contributed by atoms with Crippen molar-refractivity contribution < 1.29 is 56.9 Å². The van der Waals surface area contributed by atoms with E-state index < -0.39 is 95.3 Å². The van der Waals surface area contributed by atoms with Crippen molar-refractivity contribution in [2.75, 3.05) is 33.9 Å². The summed E-state index contributed by atoms with van der Waals surface area (Å²) >= 11 is 0. The molecule has 4 bridgehead atoms. The Hall–Kier alpha value is -7.90. The summed E-state index contributed by atoms with van der Waals surface area (Å²) in [5.41, 5.74) is 2.69. The summed E-state index contributed by atoms with van der Waals surface area (Å²) < 4.78 is 27.9. The first-order valence-electron chi connectivity index (χ1n) is 26.0. The number of likely N-dealkylation sites (N-methyl/N-ethyl adjacent to an activating group) is 1. The van der Waals surface area contributed by atoms with Gasteiger partial charge in [-0.2, -0.15) is 0 Å². The highest BCUT2D eigenvalue weighted by Crippen LogP contribution is 2.40. The maximum Gasteiger partial charge on any atom is 0.417 e. The second kappa shape index (κ2) is 24.2. The number of esters is 1. The Labute approximate surface area is 454 Å². The van der Waals surface area contributed by atoms with Crippen LogP contribution in [0.1, 0.15) is 133 Å². The molecule has 1 aliphatic rings. The van der Waals surface area contributed by atoms with Gasteiger partial charge in [0.15, 0.2) is 23.0 Å². The molecule has 6 rings (SSSR count). The number of aromatic amines is 1. The summed E-state index contributed by atoms with van der Waals surface area (Å²) in [5.74, 6) is -5.54. The smallest absolute Gasteiger partial charge is 0.417 e. The average Bonchev–Trinajstić information content (AvgIpc) is 3.82. The highest BCUT2D eigenvalue weighted by atomic mass is 16.6. The first kappa shape index (κ1) is 59.3. The lowest BCUT2D eigenvalue weighted by Crippen LogP contribution is -2.46. The van der Waals surface area contributed by atoms with Crippen LogP contribution >= 0.6 is 0 Å². The number of oxazole rings is 1. The molecule has 0 fully saturated rings. The third-order valence-corrected chi connectivity index (χ3v) is 13.0. The van der Waals surface area contributed by atoms with Gasteiger partial charge >= 0.3 is 23.9 Å². The number of methoxy groups -OCH3 is 1. The number of ether oxygens (including phenoxy) is 4. The van der Waals surface area contributed by atoms with Gasteiger partial charge in [0.25, 0.3) is 0 Å². The topological polar surface area (TPSA) is 268 Å². The summed E-state index contributed by atoms with van der Waals surface area (Å²) in [6, 6.07) is 13.3. The highest BCUT2D eigenvalue weighted by Gasteiger charge is 2.37. The molecule has 4 amide bonds. The van der Waals surface area contributed by atoms with E-state index in [4.69, 9.17) is 33.3 Å². The number of nitrogens with one attached hydrogen (secondary N) is 4. The van der Waals surface area contributed by atoms with Crippen molar-refractivity contribution in [3.63, 3.8) is 0 Å². The number of aromatic nitrogens is 3. The van der Waals surface area contributed by atoms with Gasteiger partial charge < -0.3 is 44.2 Å². The van der Waals surface area contributed by atoms with E-state index in [9.17, 15) is 28.8 Å². The monoisotopic (exact) mass is 1080 g/mol. The fraction of sp³-hybridized carbons (Fsp3) is 0.483. The van der Waals surface area contributed by atoms with Gasteiger partial charge in [0.1, 0.15) is 35.6 Å². The van der Waals surface area contributed by atoms with E-state index in [2.05, 4.69) is 41.7 Å². The lowest BCUT2D eigenvalue weighted by Gasteiger charge is -2.32. The van der Waals surface area contributed by atoms with Crippen molar-refractivity contribution in [1.29, 1.82) is 0 Å². The molecule has 0 unspecified atom stereocenters. The highest BCUT2D eigenvalue weighted by molar-refractivity contribution is 6.02. The van der Waals surface area contributed by atoms with Gasteiger partial charge in [0, 0.05) is 61.4 Å². The number of hydrogen-bond acceptors (Lipinski definition) is 15. The minimum Gasteiger partial charge on any atom is -0.491 e. The lowest BCUT2D eigenvalue weighted by atomic mass is 9.86. The standard InChI is InChI=1S/C58H73N7O13/c1-31-25-44(67)47(65(13)51(69)36(21-22-59-53(71)77-57(7,8)9)30-43(66)46-32(2)61-49(62-33(46)3)35-16-18-38(19-17-35)56(4,5)6)37-28-40(48-41(29-37)64-55(73)76-48)39-26-34(27-42(52(70)74-14)63-50(31)68)15-20-45(39)75-24-23-60-54(72)78-58(10,11)12/h15-20,26,28-29,31,36,42,47H,21-25,27,30H2,1-14H3,(H,59,71)(H,60,72)(H,63,68)(H,64,73)/t31-,36-,42+,47+/m1/s1. The van der Waals surface area contributed by atoms with Crippen LogP contribution in [-0.2, 0) is 45.2 Å². The lowest BCUT2D eigenvalue weighted by molar-refractivity contribution is -0.146. The number of carbonyl (C=O) groups is 7. The number of H-pyrrole nitrogens is 1. The molecule has 3 heterocycles. The van der Waals surface area contributed by atoms with Crippen molar-refractivity contribution in [1.82, 2.24) is 35.8 Å². The molecule has 0 saturated heterocycles. The Morgan fingerprint density at radius 3 is 2.01 bits per heavy atom. The van der Waals surface area contributed by atoms with Gasteiger partial charge in [-0.05, 0) is 108 Å². The molecule has 78 heavy (non-hydrogen) atoms. The van der Waals surface area contributed by atoms with E-state index in [0.717, 1.165) is 11.1 Å². The quantitative estimate of drug-likeness (QED) is 0.0353. The minimum atomic E-state index is -1.48. The van der Waals surface area contributed by atoms with Crippen LogP contribution in [0, 0.1) is 25.7 Å². The first-order valence-corrected chi connectivity index (χ1v) is 26.0. The number of amides is 4. The van der Waals surface area contributed by atoms with Crippen molar-refractivity contribution in [3.8, 4) is 28.3 Å². The molecule has 0 radical (unpaired) electrons. The normalized spacial score (nSPS) is 16.5. The zero-order valence-electron chi connectivity index (χ0n) is 47.1. The fourth-order valence-corrected chi connectivity index (χ4v) is 9.21. The molecular formula is C58H73N7O13. The van der Waals surface area contributed by atoms with Crippen LogP contribution < -0.4 is 26.4 Å². The first-order chi connectivity index (χ1) is 36.4. The van der Waals surface area contributed by atoms with Crippen LogP contribution in [0.4, 0.5) is 9.59 Å². The largest absolute Gasteiger partial charge is 0.491 e. The number of fused-ring (bicyclic) bond motifs is 7. The van der Waals surface area contributed by atoms with Crippen LogP contribution in [-0.4, -0.2) is 112 Å². The number of benzene rings is 3. The number of nitrogens with zero attached hydrogens (tertiary/aromatic N) is 3. The van der Waals surface area contributed by atoms with Gasteiger partial charge in [-0.15, -0.1) is 0 Å². The second-order valence-corrected chi connectivity index (χ2v) is 22.7. The third kappa shape index (κ3) is 15.2. The molecule has 0 spiro atoms. The van der Waals surface area contributed by atoms with Crippen LogP contribution in [0.15, 0.2) is 63.8 Å². The number of alkyl carbamates (subject to hydrolysis) is 2. The minimum absolute atomic E-state index is 0.0174. The molecule has 4 atom stereocenters. The number of ketones is 2. The van der Waals surface area contributed by atoms with Crippen LogP contribution in [0.5, 0.6) is 5.75 Å². The molecular weight excluding hydrogens is 1000 g/mol. The maximum absolute atomic E-state index is 15.3. The van der Waals surface area contributed by atoms with Crippen LogP contribution in [0.25, 0.3) is 33.6 Å². The summed E-state index contributed by atoms with van der Waals surface area (Å²) in [6.07, 6.45) is -2.39. The molecule has 3 aromatic carbocycles. The molecule has 0 saturated carbocycles. The Kier molecular flexibility index (Phi) is 18.4. The summed E-state index contributed by atoms with van der Waals surface area (Å²) in [6.45, 7) is 21.4. The van der Waals surface area contributed by atoms with E-state index in [1.165, 1.54) is 32.0 Å². The molecule has 0 aliphatic carbocycles.